The van der Waals surface area contributed by atoms with E-state index >= 15 is 0 Å². The summed E-state index contributed by atoms with van der Waals surface area (Å²) in [4.78, 5) is 24.0. The fraction of sp³-hybridized carbons (Fsp3) is 0.300. The van der Waals surface area contributed by atoms with Gasteiger partial charge in [-0.05, 0) is 43.7 Å². The molecule has 2 aromatic rings. The third-order valence-corrected chi connectivity index (χ3v) is 4.62. The zero-order valence-electron chi connectivity index (χ0n) is 15.2. The van der Waals surface area contributed by atoms with Crippen LogP contribution in [0.4, 0.5) is 5.69 Å². The van der Waals surface area contributed by atoms with Crippen LogP contribution in [0.25, 0.3) is 0 Å². The molecule has 0 aromatic heterocycles. The maximum Gasteiger partial charge on any atom is 0.316 e. The molecule has 1 N–H and O–H groups in total. The molecule has 2 aromatic carbocycles. The van der Waals surface area contributed by atoms with Crippen LogP contribution in [-0.4, -0.2) is 30.8 Å². The molecule has 26 heavy (non-hydrogen) atoms. The van der Waals surface area contributed by atoms with Crippen molar-refractivity contribution in [2.45, 2.75) is 25.7 Å². The van der Waals surface area contributed by atoms with Gasteiger partial charge in [0, 0.05) is 11.4 Å². The summed E-state index contributed by atoms with van der Waals surface area (Å²) >= 11 is 1.46. The summed E-state index contributed by atoms with van der Waals surface area (Å²) in [5.74, 6) is 0.857. The van der Waals surface area contributed by atoms with Crippen molar-refractivity contribution in [1.82, 2.24) is 0 Å². The van der Waals surface area contributed by atoms with Crippen LogP contribution in [0.2, 0.25) is 0 Å². The third kappa shape index (κ3) is 6.44. The van der Waals surface area contributed by atoms with Gasteiger partial charge in [-0.3, -0.25) is 9.59 Å². The highest BCUT2D eigenvalue weighted by molar-refractivity contribution is 7.99. The summed E-state index contributed by atoms with van der Waals surface area (Å²) in [5, 5.41) is 2.71. The number of hydrogen-bond donors (Lipinski definition) is 1. The molecule has 0 fully saturated rings. The molecular weight excluding hydrogens is 350 g/mol. The first-order valence-electron chi connectivity index (χ1n) is 8.25. The minimum Gasteiger partial charge on any atom is -0.497 e. The number of amides is 1. The Morgan fingerprint density at radius 2 is 1.73 bits per heavy atom. The van der Waals surface area contributed by atoms with E-state index in [1.807, 2.05) is 31.2 Å². The number of esters is 1. The fourth-order valence-corrected chi connectivity index (χ4v) is 2.90. The van der Waals surface area contributed by atoms with Crippen molar-refractivity contribution < 1.29 is 19.1 Å². The van der Waals surface area contributed by atoms with E-state index in [4.69, 9.17) is 9.47 Å². The first kappa shape index (κ1) is 19.8. The van der Waals surface area contributed by atoms with Gasteiger partial charge in [-0.1, -0.05) is 29.8 Å². The Balaban J connectivity index is 1.72. The molecule has 138 valence electrons. The van der Waals surface area contributed by atoms with E-state index in [0.717, 1.165) is 11.3 Å². The normalized spacial score (nSPS) is 11.5. The minimum atomic E-state index is -0.857. The van der Waals surface area contributed by atoms with Gasteiger partial charge in [-0.15, -0.1) is 11.8 Å². The lowest BCUT2D eigenvalue weighted by Gasteiger charge is -2.13. The molecule has 0 radical (unpaired) electrons. The Labute approximate surface area is 158 Å². The van der Waals surface area contributed by atoms with E-state index in [0.29, 0.717) is 11.4 Å². The number of aryl methyl sites for hydroxylation is 1. The molecule has 0 bridgehead atoms. The Morgan fingerprint density at radius 3 is 2.35 bits per heavy atom. The van der Waals surface area contributed by atoms with Crippen LogP contribution in [0.5, 0.6) is 5.75 Å². The number of methoxy groups -OCH3 is 1. The molecule has 0 spiro atoms. The van der Waals surface area contributed by atoms with Gasteiger partial charge in [-0.2, -0.15) is 0 Å². The standard InChI is InChI=1S/C20H23NO4S/c1-14-4-6-16(7-5-14)12-26-13-19(22)25-15(2)20(23)21-17-8-10-18(24-3)11-9-17/h4-11,15H,12-13H2,1-3H3,(H,21,23)/t15-/m1/s1. The second kappa shape index (κ2) is 9.87. The van der Waals surface area contributed by atoms with Gasteiger partial charge < -0.3 is 14.8 Å². The summed E-state index contributed by atoms with van der Waals surface area (Å²) < 4.78 is 10.3. The lowest BCUT2D eigenvalue weighted by Crippen LogP contribution is -2.30. The van der Waals surface area contributed by atoms with Crippen LogP contribution in [0.3, 0.4) is 0 Å². The molecule has 6 heteroatoms. The number of rotatable bonds is 8. The first-order valence-corrected chi connectivity index (χ1v) is 9.41. The lowest BCUT2D eigenvalue weighted by molar-refractivity contribution is -0.150. The van der Waals surface area contributed by atoms with E-state index in [2.05, 4.69) is 5.32 Å². The number of anilines is 1. The number of carbonyl (C=O) groups excluding carboxylic acids is 2. The molecule has 0 aliphatic carbocycles. The smallest absolute Gasteiger partial charge is 0.316 e. The topological polar surface area (TPSA) is 64.6 Å². The largest absolute Gasteiger partial charge is 0.497 e. The zero-order valence-corrected chi connectivity index (χ0v) is 16.0. The van der Waals surface area contributed by atoms with Crippen LogP contribution in [0.1, 0.15) is 18.1 Å². The first-order chi connectivity index (χ1) is 12.5. The average molecular weight is 373 g/mol. The van der Waals surface area contributed by atoms with Crippen molar-refractivity contribution in [2.24, 2.45) is 0 Å². The summed E-state index contributed by atoms with van der Waals surface area (Å²) in [7, 11) is 1.58. The van der Waals surface area contributed by atoms with Crippen LogP contribution < -0.4 is 10.1 Å². The average Bonchev–Trinajstić information content (AvgIpc) is 2.64. The quantitative estimate of drug-likeness (QED) is 0.713. The maximum absolute atomic E-state index is 12.1. The Morgan fingerprint density at radius 1 is 1.08 bits per heavy atom. The van der Waals surface area contributed by atoms with E-state index < -0.39 is 12.1 Å². The molecule has 1 amide bonds. The highest BCUT2D eigenvalue weighted by Crippen LogP contribution is 2.16. The Bertz CT molecular complexity index is 728. The highest BCUT2D eigenvalue weighted by atomic mass is 32.2. The predicted octanol–water partition coefficient (Wildman–Crippen LogP) is 3.81. The molecular formula is C20H23NO4S. The number of carbonyl (C=O) groups is 2. The van der Waals surface area contributed by atoms with Crippen LogP contribution >= 0.6 is 11.8 Å². The summed E-state index contributed by atoms with van der Waals surface area (Å²) in [6.45, 7) is 3.59. The number of benzene rings is 2. The van der Waals surface area contributed by atoms with Crippen LogP contribution in [0.15, 0.2) is 48.5 Å². The monoisotopic (exact) mass is 373 g/mol. The molecule has 0 saturated heterocycles. The van der Waals surface area contributed by atoms with Gasteiger partial charge in [0.25, 0.3) is 5.91 Å². The van der Waals surface area contributed by atoms with E-state index in [1.54, 1.807) is 38.3 Å². The highest BCUT2D eigenvalue weighted by Gasteiger charge is 2.18. The molecule has 0 heterocycles. The zero-order chi connectivity index (χ0) is 18.9. The fourth-order valence-electron chi connectivity index (χ4n) is 2.14. The van der Waals surface area contributed by atoms with Gasteiger partial charge in [0.2, 0.25) is 0 Å². The molecule has 0 unspecified atom stereocenters. The number of thioether (sulfide) groups is 1. The van der Waals surface area contributed by atoms with Crippen molar-refractivity contribution in [3.05, 3.63) is 59.7 Å². The Hall–Kier alpha value is -2.47. The molecule has 2 rings (SSSR count). The van der Waals surface area contributed by atoms with Crippen LogP contribution in [-0.2, 0) is 20.1 Å². The van der Waals surface area contributed by atoms with Crippen molar-refractivity contribution in [3.8, 4) is 5.75 Å². The van der Waals surface area contributed by atoms with Crippen molar-refractivity contribution in [2.75, 3.05) is 18.2 Å². The predicted molar refractivity (Wildman–Crippen MR) is 105 cm³/mol. The molecule has 1 atom stereocenters. The Kier molecular flexibility index (Phi) is 7.53. The SMILES string of the molecule is COc1ccc(NC(=O)[C@@H](C)OC(=O)CSCc2ccc(C)cc2)cc1. The number of nitrogens with one attached hydrogen (secondary N) is 1. The van der Waals surface area contributed by atoms with E-state index in [1.165, 1.54) is 17.3 Å². The van der Waals surface area contributed by atoms with Gasteiger partial charge >= 0.3 is 5.97 Å². The second-order valence-corrected chi connectivity index (χ2v) is 6.81. The minimum absolute atomic E-state index is 0.202. The number of ether oxygens (including phenoxy) is 2. The number of hydrogen-bond acceptors (Lipinski definition) is 5. The van der Waals surface area contributed by atoms with Crippen molar-refractivity contribution >= 4 is 29.3 Å². The molecule has 5 nitrogen and oxygen atoms in total. The van der Waals surface area contributed by atoms with Crippen molar-refractivity contribution in [3.63, 3.8) is 0 Å². The molecule has 0 saturated carbocycles. The second-order valence-electron chi connectivity index (χ2n) is 5.83. The summed E-state index contributed by atoms with van der Waals surface area (Å²) in [6.07, 6.45) is -0.857. The van der Waals surface area contributed by atoms with Gasteiger partial charge in [0.05, 0.1) is 12.9 Å². The summed E-state index contributed by atoms with van der Waals surface area (Å²) in [5.41, 5.74) is 2.97. The lowest BCUT2D eigenvalue weighted by atomic mass is 10.2. The van der Waals surface area contributed by atoms with E-state index in [9.17, 15) is 9.59 Å². The van der Waals surface area contributed by atoms with Gasteiger partial charge in [0.15, 0.2) is 6.10 Å². The van der Waals surface area contributed by atoms with Crippen molar-refractivity contribution in [1.29, 1.82) is 0 Å². The summed E-state index contributed by atoms with van der Waals surface area (Å²) in [6, 6.07) is 15.1. The molecule has 0 aliphatic rings. The van der Waals surface area contributed by atoms with E-state index in [-0.39, 0.29) is 11.7 Å². The maximum atomic E-state index is 12.1. The third-order valence-electron chi connectivity index (χ3n) is 3.64. The molecule has 0 aliphatic heterocycles. The van der Waals surface area contributed by atoms with Gasteiger partial charge in [-0.25, -0.2) is 0 Å². The van der Waals surface area contributed by atoms with Gasteiger partial charge in [0.1, 0.15) is 5.75 Å². The van der Waals surface area contributed by atoms with Crippen LogP contribution in [0, 0.1) is 6.92 Å².